The molecule has 1 N–H and O–H groups in total. The molecule has 104 valence electrons. The van der Waals surface area contributed by atoms with Gasteiger partial charge in [0.05, 0.1) is 17.7 Å². The van der Waals surface area contributed by atoms with Crippen LogP contribution < -0.4 is 0 Å². The Labute approximate surface area is 115 Å². The van der Waals surface area contributed by atoms with Gasteiger partial charge in [-0.15, -0.1) is 0 Å². The van der Waals surface area contributed by atoms with Gasteiger partial charge in [0.1, 0.15) is 6.10 Å². The Morgan fingerprint density at radius 3 is 2.37 bits per heavy atom. The molecular weight excluding hydrogens is 238 g/mol. The number of aromatic nitrogens is 2. The van der Waals surface area contributed by atoms with Gasteiger partial charge in [-0.05, 0) is 19.8 Å². The molecule has 0 saturated heterocycles. The minimum atomic E-state index is -0.718. The van der Waals surface area contributed by atoms with Gasteiger partial charge in [0.15, 0.2) is 0 Å². The number of nitrogens with zero attached hydrogens (tertiary/aromatic N) is 3. The first-order chi connectivity index (χ1) is 9.10. The maximum Gasteiger partial charge on any atom is 0.101 e. The van der Waals surface area contributed by atoms with E-state index < -0.39 is 11.5 Å². The molecule has 1 saturated carbocycles. The Kier molecular flexibility index (Phi) is 4.26. The van der Waals surface area contributed by atoms with Crippen LogP contribution in [0.1, 0.15) is 62.3 Å². The SMILES string of the molecule is Cc1c(C(O)C2(C#N)CCCCCCC2)cnn1C. The third-order valence-electron chi connectivity index (χ3n) is 4.56. The van der Waals surface area contributed by atoms with Crippen molar-refractivity contribution in [2.75, 3.05) is 0 Å². The lowest BCUT2D eigenvalue weighted by molar-refractivity contribution is 0.0429. The van der Waals surface area contributed by atoms with Crippen molar-refractivity contribution in [1.29, 1.82) is 5.26 Å². The molecule has 1 aromatic heterocycles. The Hall–Kier alpha value is -1.34. The van der Waals surface area contributed by atoms with Crippen LogP contribution in [0.4, 0.5) is 0 Å². The topological polar surface area (TPSA) is 61.8 Å². The number of nitriles is 1. The predicted molar refractivity (Wildman–Crippen MR) is 73.3 cm³/mol. The van der Waals surface area contributed by atoms with Crippen molar-refractivity contribution in [3.05, 3.63) is 17.5 Å². The molecule has 1 aliphatic carbocycles. The highest BCUT2D eigenvalue weighted by Gasteiger charge is 2.40. The predicted octanol–water partition coefficient (Wildman–Crippen LogP) is 3.02. The summed E-state index contributed by atoms with van der Waals surface area (Å²) in [5.41, 5.74) is 1.13. The molecule has 1 fully saturated rings. The number of rotatable bonds is 2. The second kappa shape index (κ2) is 5.75. The van der Waals surface area contributed by atoms with Gasteiger partial charge in [-0.25, -0.2) is 0 Å². The van der Waals surface area contributed by atoms with Crippen LogP contribution in [0, 0.1) is 23.7 Å². The zero-order chi connectivity index (χ0) is 13.9. The molecule has 1 atom stereocenters. The summed E-state index contributed by atoms with van der Waals surface area (Å²) in [5.74, 6) is 0. The molecule has 4 nitrogen and oxygen atoms in total. The van der Waals surface area contributed by atoms with Crippen molar-refractivity contribution in [1.82, 2.24) is 9.78 Å². The van der Waals surface area contributed by atoms with Gasteiger partial charge >= 0.3 is 0 Å². The Morgan fingerprint density at radius 2 is 1.89 bits per heavy atom. The molecule has 1 aromatic rings. The van der Waals surface area contributed by atoms with E-state index >= 15 is 0 Å². The largest absolute Gasteiger partial charge is 0.387 e. The molecule has 1 unspecified atom stereocenters. The van der Waals surface area contributed by atoms with Crippen molar-refractivity contribution < 1.29 is 5.11 Å². The zero-order valence-corrected chi connectivity index (χ0v) is 11.9. The van der Waals surface area contributed by atoms with Crippen LogP contribution in [-0.2, 0) is 7.05 Å². The lowest BCUT2D eigenvalue weighted by atomic mass is 9.71. The van der Waals surface area contributed by atoms with Crippen molar-refractivity contribution >= 4 is 0 Å². The van der Waals surface area contributed by atoms with Crippen molar-refractivity contribution in [3.63, 3.8) is 0 Å². The molecule has 2 rings (SSSR count). The summed E-state index contributed by atoms with van der Waals surface area (Å²) in [5, 5.41) is 24.6. The second-order valence-corrected chi connectivity index (χ2v) is 5.75. The van der Waals surface area contributed by atoms with Crippen LogP contribution >= 0.6 is 0 Å². The van der Waals surface area contributed by atoms with Crippen molar-refractivity contribution in [3.8, 4) is 6.07 Å². The molecule has 0 spiro atoms. The third kappa shape index (κ3) is 2.66. The highest BCUT2D eigenvalue weighted by molar-refractivity contribution is 5.24. The summed E-state index contributed by atoms with van der Waals surface area (Å²) in [7, 11) is 1.86. The van der Waals surface area contributed by atoms with Crippen LogP contribution in [0.25, 0.3) is 0 Å². The van der Waals surface area contributed by atoms with Gasteiger partial charge in [0.25, 0.3) is 0 Å². The van der Waals surface area contributed by atoms with Gasteiger partial charge in [-0.3, -0.25) is 4.68 Å². The molecule has 0 bridgehead atoms. The van der Waals surface area contributed by atoms with E-state index in [-0.39, 0.29) is 0 Å². The van der Waals surface area contributed by atoms with Crippen LogP contribution in [0.3, 0.4) is 0 Å². The molecule has 19 heavy (non-hydrogen) atoms. The molecule has 4 heteroatoms. The molecule has 1 aliphatic rings. The minimum Gasteiger partial charge on any atom is -0.387 e. The van der Waals surface area contributed by atoms with E-state index in [1.54, 1.807) is 10.9 Å². The highest BCUT2D eigenvalue weighted by atomic mass is 16.3. The van der Waals surface area contributed by atoms with E-state index in [1.165, 1.54) is 19.3 Å². The number of hydrogen-bond donors (Lipinski definition) is 1. The summed E-state index contributed by atoms with van der Waals surface area (Å²) in [6.45, 7) is 1.94. The summed E-state index contributed by atoms with van der Waals surface area (Å²) < 4.78 is 1.76. The van der Waals surface area contributed by atoms with Gasteiger partial charge in [0, 0.05) is 18.3 Å². The summed E-state index contributed by atoms with van der Waals surface area (Å²) in [6.07, 6.45) is 8.22. The molecular formula is C15H23N3O. The first-order valence-electron chi connectivity index (χ1n) is 7.18. The van der Waals surface area contributed by atoms with Crippen LogP contribution in [0.15, 0.2) is 6.20 Å². The van der Waals surface area contributed by atoms with E-state index in [9.17, 15) is 10.4 Å². The van der Waals surface area contributed by atoms with Crippen molar-refractivity contribution in [2.24, 2.45) is 12.5 Å². The summed E-state index contributed by atoms with van der Waals surface area (Å²) in [4.78, 5) is 0. The standard InChI is InChI=1S/C15H23N3O/c1-12-13(10-17-18(12)2)14(19)15(11-16)8-6-4-3-5-7-9-15/h10,14,19H,3-9H2,1-2H3. The Balaban J connectivity index is 2.29. The molecule has 0 radical (unpaired) electrons. The fraction of sp³-hybridized carbons (Fsp3) is 0.733. The number of aryl methyl sites for hydroxylation is 1. The van der Waals surface area contributed by atoms with E-state index in [2.05, 4.69) is 11.2 Å². The molecule has 0 amide bonds. The first kappa shape index (κ1) is 14.1. The van der Waals surface area contributed by atoms with Gasteiger partial charge in [-0.1, -0.05) is 32.1 Å². The van der Waals surface area contributed by atoms with Gasteiger partial charge < -0.3 is 5.11 Å². The lowest BCUT2D eigenvalue weighted by Gasteiger charge is -2.33. The quantitative estimate of drug-likeness (QED) is 0.890. The van der Waals surface area contributed by atoms with Gasteiger partial charge in [-0.2, -0.15) is 10.4 Å². The minimum absolute atomic E-state index is 0.631. The Bertz CT molecular complexity index is 464. The number of aliphatic hydroxyl groups is 1. The normalized spacial score (nSPS) is 21.2. The van der Waals surface area contributed by atoms with Crippen LogP contribution in [0.5, 0.6) is 0 Å². The van der Waals surface area contributed by atoms with E-state index in [0.29, 0.717) is 0 Å². The smallest absolute Gasteiger partial charge is 0.101 e. The van der Waals surface area contributed by atoms with Gasteiger partial charge in [0.2, 0.25) is 0 Å². The number of hydrogen-bond acceptors (Lipinski definition) is 3. The van der Waals surface area contributed by atoms with E-state index in [1.807, 2.05) is 14.0 Å². The molecule has 0 aliphatic heterocycles. The molecule has 0 aromatic carbocycles. The first-order valence-corrected chi connectivity index (χ1v) is 7.18. The third-order valence-corrected chi connectivity index (χ3v) is 4.56. The highest BCUT2D eigenvalue weighted by Crippen LogP contribution is 2.44. The molecule has 1 heterocycles. The van der Waals surface area contributed by atoms with E-state index in [4.69, 9.17) is 0 Å². The fourth-order valence-corrected chi connectivity index (χ4v) is 3.06. The second-order valence-electron chi connectivity index (χ2n) is 5.75. The van der Waals surface area contributed by atoms with Crippen LogP contribution in [-0.4, -0.2) is 14.9 Å². The maximum atomic E-state index is 10.7. The number of aliphatic hydroxyl groups excluding tert-OH is 1. The lowest BCUT2D eigenvalue weighted by Crippen LogP contribution is -2.29. The van der Waals surface area contributed by atoms with Crippen molar-refractivity contribution in [2.45, 2.75) is 58.0 Å². The average Bonchev–Trinajstić information content (AvgIpc) is 2.70. The van der Waals surface area contributed by atoms with Crippen LogP contribution in [0.2, 0.25) is 0 Å². The summed E-state index contributed by atoms with van der Waals surface area (Å²) in [6, 6.07) is 2.43. The fourth-order valence-electron chi connectivity index (χ4n) is 3.06. The average molecular weight is 261 g/mol. The van der Waals surface area contributed by atoms with E-state index in [0.717, 1.165) is 36.9 Å². The maximum absolute atomic E-state index is 10.7. The Morgan fingerprint density at radius 1 is 1.32 bits per heavy atom. The monoisotopic (exact) mass is 261 g/mol. The zero-order valence-electron chi connectivity index (χ0n) is 11.9. The summed E-state index contributed by atoms with van der Waals surface area (Å²) >= 11 is 0.